The smallest absolute Gasteiger partial charge is 0.334 e. The predicted molar refractivity (Wildman–Crippen MR) is 120 cm³/mol. The fourth-order valence-electron chi connectivity index (χ4n) is 3.55. The van der Waals surface area contributed by atoms with Crippen LogP contribution in [-0.2, 0) is 6.54 Å². The van der Waals surface area contributed by atoms with E-state index < -0.39 is 11.2 Å². The van der Waals surface area contributed by atoms with Crippen molar-refractivity contribution in [2.75, 3.05) is 12.1 Å². The number of fused-ring (bicyclic) bond motifs is 2. The third kappa shape index (κ3) is 3.58. The van der Waals surface area contributed by atoms with E-state index in [0.717, 1.165) is 10.1 Å². The summed E-state index contributed by atoms with van der Waals surface area (Å²) >= 11 is 0. The SMILES string of the molecule is CC(C)c1ccc(CNc2ncc3c(=O)n(-c4ccc5c(c4)OCO5)c(=O)[nH]c3n2)cc1. The number of nitrogens with one attached hydrogen (secondary N) is 2. The number of hydrogen-bond acceptors (Lipinski definition) is 7. The first-order valence-electron chi connectivity index (χ1n) is 10.2. The minimum Gasteiger partial charge on any atom is -0.454 e. The summed E-state index contributed by atoms with van der Waals surface area (Å²) in [7, 11) is 0. The Kier molecular flexibility index (Phi) is 4.85. The zero-order valence-corrected chi connectivity index (χ0v) is 17.6. The lowest BCUT2D eigenvalue weighted by Gasteiger charge is -2.09. The molecular formula is C23H21N5O4. The summed E-state index contributed by atoms with van der Waals surface area (Å²) < 4.78 is 11.6. The lowest BCUT2D eigenvalue weighted by atomic mass is 10.0. The van der Waals surface area contributed by atoms with Gasteiger partial charge in [0.15, 0.2) is 17.1 Å². The van der Waals surface area contributed by atoms with Crippen LogP contribution in [0, 0.1) is 0 Å². The molecule has 1 aliphatic heterocycles. The van der Waals surface area contributed by atoms with Crippen molar-refractivity contribution in [1.29, 1.82) is 0 Å². The Morgan fingerprint density at radius 2 is 1.88 bits per heavy atom. The predicted octanol–water partition coefficient (Wildman–Crippen LogP) is 2.93. The highest BCUT2D eigenvalue weighted by atomic mass is 16.7. The Labute approximate surface area is 182 Å². The van der Waals surface area contributed by atoms with Crippen LogP contribution in [0.3, 0.4) is 0 Å². The Morgan fingerprint density at radius 1 is 1.09 bits per heavy atom. The molecule has 0 aliphatic carbocycles. The largest absolute Gasteiger partial charge is 0.454 e. The van der Waals surface area contributed by atoms with Crippen molar-refractivity contribution in [3.8, 4) is 17.2 Å². The van der Waals surface area contributed by atoms with Crippen LogP contribution >= 0.6 is 0 Å². The number of aromatic nitrogens is 4. The van der Waals surface area contributed by atoms with Gasteiger partial charge in [0.05, 0.1) is 5.69 Å². The van der Waals surface area contributed by atoms with Crippen LogP contribution in [-0.4, -0.2) is 26.3 Å². The molecule has 5 rings (SSSR count). The molecule has 9 heteroatoms. The molecule has 1 aliphatic rings. The topological polar surface area (TPSA) is 111 Å². The van der Waals surface area contributed by atoms with Crippen LogP contribution in [0.5, 0.6) is 11.5 Å². The number of benzene rings is 2. The average Bonchev–Trinajstić information content (AvgIpc) is 3.26. The van der Waals surface area contributed by atoms with E-state index in [4.69, 9.17) is 9.47 Å². The fourth-order valence-corrected chi connectivity index (χ4v) is 3.55. The first-order chi connectivity index (χ1) is 15.5. The van der Waals surface area contributed by atoms with Gasteiger partial charge in [0, 0.05) is 18.8 Å². The molecule has 3 heterocycles. The molecule has 0 spiro atoms. The molecule has 162 valence electrons. The van der Waals surface area contributed by atoms with Gasteiger partial charge in [0.1, 0.15) is 5.39 Å². The van der Waals surface area contributed by atoms with Gasteiger partial charge >= 0.3 is 5.69 Å². The summed E-state index contributed by atoms with van der Waals surface area (Å²) in [4.78, 5) is 36.9. The van der Waals surface area contributed by atoms with Gasteiger partial charge in [-0.2, -0.15) is 4.98 Å². The molecule has 0 bridgehead atoms. The van der Waals surface area contributed by atoms with Crippen molar-refractivity contribution in [2.24, 2.45) is 0 Å². The zero-order chi connectivity index (χ0) is 22.2. The van der Waals surface area contributed by atoms with Gasteiger partial charge in [-0.25, -0.2) is 14.3 Å². The zero-order valence-electron chi connectivity index (χ0n) is 17.6. The van der Waals surface area contributed by atoms with Crippen LogP contribution in [0.2, 0.25) is 0 Å². The van der Waals surface area contributed by atoms with E-state index in [1.807, 2.05) is 0 Å². The molecule has 0 fully saturated rings. The van der Waals surface area contributed by atoms with E-state index in [2.05, 4.69) is 58.4 Å². The Morgan fingerprint density at radius 3 is 2.66 bits per heavy atom. The van der Waals surface area contributed by atoms with Gasteiger partial charge in [-0.05, 0) is 29.2 Å². The monoisotopic (exact) mass is 431 g/mol. The molecule has 2 aromatic carbocycles. The highest BCUT2D eigenvalue weighted by Gasteiger charge is 2.17. The van der Waals surface area contributed by atoms with Gasteiger partial charge in [-0.15, -0.1) is 0 Å². The van der Waals surface area contributed by atoms with Gasteiger partial charge in [-0.3, -0.25) is 9.78 Å². The molecule has 9 nitrogen and oxygen atoms in total. The molecule has 0 saturated carbocycles. The minimum atomic E-state index is -0.602. The second-order valence-corrected chi connectivity index (χ2v) is 7.81. The normalized spacial score (nSPS) is 12.5. The van der Waals surface area contributed by atoms with E-state index in [-0.39, 0.29) is 17.8 Å². The van der Waals surface area contributed by atoms with Gasteiger partial charge in [0.25, 0.3) is 5.56 Å². The third-order valence-electron chi connectivity index (χ3n) is 5.36. The highest BCUT2D eigenvalue weighted by Crippen LogP contribution is 2.33. The van der Waals surface area contributed by atoms with E-state index in [0.29, 0.717) is 35.6 Å². The Balaban J connectivity index is 1.43. The molecule has 2 aromatic heterocycles. The molecule has 2 N–H and O–H groups in total. The quantitative estimate of drug-likeness (QED) is 0.500. The Hall–Kier alpha value is -4.14. The molecule has 32 heavy (non-hydrogen) atoms. The lowest BCUT2D eigenvalue weighted by molar-refractivity contribution is 0.174. The second-order valence-electron chi connectivity index (χ2n) is 7.81. The molecule has 4 aromatic rings. The first-order valence-corrected chi connectivity index (χ1v) is 10.2. The number of aromatic amines is 1. The summed E-state index contributed by atoms with van der Waals surface area (Å²) in [6, 6.07) is 13.2. The number of anilines is 1. The van der Waals surface area contributed by atoms with Crippen molar-refractivity contribution in [3.05, 3.63) is 80.6 Å². The molecule has 0 amide bonds. The maximum Gasteiger partial charge on any atom is 0.334 e. The number of rotatable bonds is 5. The Bertz CT molecular complexity index is 1420. The third-order valence-corrected chi connectivity index (χ3v) is 5.36. The standard InChI is InChI=1S/C23H21N5O4/c1-13(2)15-5-3-14(4-6-15)10-24-22-25-11-17-20(26-22)27-23(30)28(21(17)29)16-7-8-18-19(9-16)32-12-31-18/h3-9,11,13H,10,12H2,1-2H3,(H2,24,25,26,27,30). The number of hydrogen-bond donors (Lipinski definition) is 2. The average molecular weight is 431 g/mol. The summed E-state index contributed by atoms with van der Waals surface area (Å²) in [6.07, 6.45) is 1.41. The lowest BCUT2D eigenvalue weighted by Crippen LogP contribution is -2.34. The van der Waals surface area contributed by atoms with Crippen molar-refractivity contribution in [3.63, 3.8) is 0 Å². The van der Waals surface area contributed by atoms with Crippen LogP contribution < -0.4 is 26.0 Å². The summed E-state index contributed by atoms with van der Waals surface area (Å²) in [5, 5.41) is 3.33. The molecule has 0 saturated heterocycles. The molecule has 0 atom stereocenters. The van der Waals surface area contributed by atoms with Gasteiger partial charge < -0.3 is 14.8 Å². The molecular weight excluding hydrogens is 410 g/mol. The number of nitrogens with zero attached hydrogens (tertiary/aromatic N) is 3. The minimum absolute atomic E-state index is 0.104. The first kappa shape index (κ1) is 19.8. The van der Waals surface area contributed by atoms with Crippen LogP contribution in [0.4, 0.5) is 5.95 Å². The summed E-state index contributed by atoms with van der Waals surface area (Å²) in [5.74, 6) is 1.84. The summed E-state index contributed by atoms with van der Waals surface area (Å²) in [6.45, 7) is 4.92. The molecule has 0 unspecified atom stereocenters. The van der Waals surface area contributed by atoms with Crippen molar-refractivity contribution in [1.82, 2.24) is 19.5 Å². The van der Waals surface area contributed by atoms with Gasteiger partial charge in [0.2, 0.25) is 12.7 Å². The number of ether oxygens (including phenoxy) is 2. The molecule has 0 radical (unpaired) electrons. The van der Waals surface area contributed by atoms with Crippen molar-refractivity contribution >= 4 is 17.0 Å². The van der Waals surface area contributed by atoms with Crippen LogP contribution in [0.15, 0.2) is 58.3 Å². The second kappa shape index (κ2) is 7.84. The van der Waals surface area contributed by atoms with E-state index in [1.165, 1.54) is 11.8 Å². The van der Waals surface area contributed by atoms with E-state index >= 15 is 0 Å². The van der Waals surface area contributed by atoms with E-state index in [1.54, 1.807) is 18.2 Å². The van der Waals surface area contributed by atoms with Gasteiger partial charge in [-0.1, -0.05) is 38.1 Å². The maximum absolute atomic E-state index is 13.0. The highest BCUT2D eigenvalue weighted by molar-refractivity contribution is 5.73. The van der Waals surface area contributed by atoms with E-state index in [9.17, 15) is 9.59 Å². The van der Waals surface area contributed by atoms with Crippen LogP contribution in [0.1, 0.15) is 30.9 Å². The number of H-pyrrole nitrogens is 1. The van der Waals surface area contributed by atoms with Crippen LogP contribution in [0.25, 0.3) is 16.7 Å². The fraction of sp³-hybridized carbons (Fsp3) is 0.217. The van der Waals surface area contributed by atoms with Crippen molar-refractivity contribution < 1.29 is 9.47 Å². The summed E-state index contributed by atoms with van der Waals surface area (Å²) in [5.41, 5.74) is 1.77. The van der Waals surface area contributed by atoms with Crippen molar-refractivity contribution in [2.45, 2.75) is 26.3 Å². The maximum atomic E-state index is 13.0.